The Bertz CT molecular complexity index is 2710. The third-order valence-corrected chi connectivity index (χ3v) is 15.9. The number of hydrogen-bond donors (Lipinski definition) is 4. The van der Waals surface area contributed by atoms with Crippen LogP contribution in [0.25, 0.3) is 11.0 Å². The molecule has 5 aromatic rings. The highest BCUT2D eigenvalue weighted by molar-refractivity contribution is 7.90. The lowest BCUT2D eigenvalue weighted by Crippen LogP contribution is -2.58. The molecule has 1 amide bonds. The maximum atomic E-state index is 14.1. The number of pyridine rings is 2. The molecule has 2 aromatic carbocycles. The van der Waals surface area contributed by atoms with Gasteiger partial charge in [0.1, 0.15) is 22.0 Å². The largest absolute Gasteiger partial charge is 0.455 e. The molecule has 3 aromatic heterocycles. The number of carbonyl (C=O) groups excluding carboxylic acids is 1. The first-order valence-electron chi connectivity index (χ1n) is 23.2. The number of rotatable bonds is 13. The summed E-state index contributed by atoms with van der Waals surface area (Å²) in [6, 6.07) is 19.2. The van der Waals surface area contributed by atoms with Crippen molar-refractivity contribution in [2.75, 3.05) is 49.6 Å². The van der Waals surface area contributed by atoms with Crippen molar-refractivity contribution in [1.29, 1.82) is 0 Å². The Hall–Kier alpha value is -5.62. The molecule has 4 aliphatic rings. The number of aliphatic hydroxyl groups is 1. The Morgan fingerprint density at radius 2 is 1.80 bits per heavy atom. The standard InChI is InChI=1S/C49H60N8O8S/c1-31(2)38-7-5-6-8-39(38)42-30-64-22-21-56(42)36-26-49(27-36)16-19-55(20-17-49)35-9-10-40(44(24-35)65-43-23-34-13-18-50-45(34)53-32(43)3)47(58)54-66(62,63)37-25-41(57(60)61)46(52-29-37)51-28-33-11-14-48(4,59)15-12-33/h5-10,13,18,23-25,29,31,33,36,42,59H,11-12,14-17,19-22,26-28,30H2,1-4H3,(H,50,53)(H,51,52)(H,54,58)/t33-,42-,48-/m1/s1. The van der Waals surface area contributed by atoms with E-state index in [-0.39, 0.29) is 34.5 Å². The second-order valence-corrected chi connectivity index (χ2v) is 21.2. The number of aromatic nitrogens is 3. The van der Waals surface area contributed by atoms with Crippen molar-refractivity contribution < 1.29 is 32.7 Å². The van der Waals surface area contributed by atoms with Crippen molar-refractivity contribution in [3.05, 3.63) is 106 Å². The lowest BCUT2D eigenvalue weighted by atomic mass is 9.59. The smallest absolute Gasteiger partial charge is 0.312 e. The molecule has 2 saturated carbocycles. The maximum absolute atomic E-state index is 14.1. The fourth-order valence-electron chi connectivity index (χ4n) is 10.6. The van der Waals surface area contributed by atoms with E-state index in [2.05, 4.69) is 72.9 Å². The highest BCUT2D eigenvalue weighted by Crippen LogP contribution is 2.53. The van der Waals surface area contributed by atoms with Crippen LogP contribution in [0.1, 0.15) is 111 Å². The molecule has 0 bridgehead atoms. The third-order valence-electron chi connectivity index (χ3n) is 14.6. The van der Waals surface area contributed by atoms with Gasteiger partial charge in [-0.1, -0.05) is 38.1 Å². The molecule has 17 heteroatoms. The number of nitro groups is 1. The van der Waals surface area contributed by atoms with Crippen molar-refractivity contribution in [3.8, 4) is 11.5 Å². The maximum Gasteiger partial charge on any atom is 0.312 e. The van der Waals surface area contributed by atoms with Gasteiger partial charge in [-0.15, -0.1) is 0 Å². The number of benzene rings is 2. The summed E-state index contributed by atoms with van der Waals surface area (Å²) >= 11 is 0. The molecule has 0 radical (unpaired) electrons. The summed E-state index contributed by atoms with van der Waals surface area (Å²) in [6.07, 6.45) is 9.79. The second kappa shape index (κ2) is 18.2. The quantitative estimate of drug-likeness (QED) is 0.0648. The van der Waals surface area contributed by atoms with Crippen LogP contribution >= 0.6 is 0 Å². The first-order valence-corrected chi connectivity index (χ1v) is 24.7. The number of nitrogens with zero attached hydrogens (tertiary/aromatic N) is 5. The number of hydrogen-bond acceptors (Lipinski definition) is 13. The average molecular weight is 921 g/mol. The van der Waals surface area contributed by atoms with Gasteiger partial charge in [0.15, 0.2) is 0 Å². The van der Waals surface area contributed by atoms with Crippen LogP contribution in [-0.4, -0.2) is 95.2 Å². The first-order chi connectivity index (χ1) is 31.6. The second-order valence-electron chi connectivity index (χ2n) is 19.5. The van der Waals surface area contributed by atoms with Gasteiger partial charge in [-0.05, 0) is 118 Å². The topological polar surface area (TPSA) is 205 Å². The number of fused-ring (bicyclic) bond motifs is 1. The Kier molecular flexibility index (Phi) is 12.6. The normalized spacial score (nSPS) is 22.6. The molecule has 2 aliphatic carbocycles. The molecular weight excluding hydrogens is 861 g/mol. The van der Waals surface area contributed by atoms with Crippen LogP contribution in [0.2, 0.25) is 0 Å². The highest BCUT2D eigenvalue weighted by Gasteiger charge is 2.50. The monoisotopic (exact) mass is 920 g/mol. The van der Waals surface area contributed by atoms with Gasteiger partial charge in [-0.2, -0.15) is 0 Å². The van der Waals surface area contributed by atoms with Gasteiger partial charge in [0, 0.05) is 61.6 Å². The van der Waals surface area contributed by atoms with Gasteiger partial charge in [0.2, 0.25) is 5.82 Å². The number of H-pyrrole nitrogens is 1. The molecule has 4 fully saturated rings. The zero-order valence-electron chi connectivity index (χ0n) is 38.1. The zero-order valence-corrected chi connectivity index (χ0v) is 38.9. The van der Waals surface area contributed by atoms with E-state index in [4.69, 9.17) is 9.47 Å². The Morgan fingerprint density at radius 1 is 1.05 bits per heavy atom. The summed E-state index contributed by atoms with van der Waals surface area (Å²) in [5.41, 5.74) is 3.78. The molecule has 350 valence electrons. The molecule has 1 spiro atoms. The molecular formula is C49H60N8O8S. The molecule has 2 aliphatic heterocycles. The molecule has 4 N–H and O–H groups in total. The van der Waals surface area contributed by atoms with Crippen molar-refractivity contribution in [2.24, 2.45) is 11.3 Å². The molecule has 2 saturated heterocycles. The van der Waals surface area contributed by atoms with E-state index in [1.54, 1.807) is 38.2 Å². The Labute approximate surface area is 385 Å². The Morgan fingerprint density at radius 3 is 2.55 bits per heavy atom. The molecule has 0 unspecified atom stereocenters. The fourth-order valence-corrected chi connectivity index (χ4v) is 11.5. The van der Waals surface area contributed by atoms with E-state index in [0.29, 0.717) is 55.0 Å². The van der Waals surface area contributed by atoms with E-state index in [1.807, 2.05) is 12.1 Å². The minimum absolute atomic E-state index is 0.0440. The van der Waals surface area contributed by atoms with Gasteiger partial charge in [-0.25, -0.2) is 23.1 Å². The fraction of sp³-hybridized carbons (Fsp3) is 0.490. The molecule has 9 rings (SSSR count). The zero-order chi connectivity index (χ0) is 46.4. The van der Waals surface area contributed by atoms with Crippen molar-refractivity contribution in [1.82, 2.24) is 24.6 Å². The van der Waals surface area contributed by atoms with E-state index < -0.39 is 37.0 Å². The van der Waals surface area contributed by atoms with Gasteiger partial charge < -0.3 is 29.8 Å². The van der Waals surface area contributed by atoms with Crippen molar-refractivity contribution in [2.45, 2.75) is 108 Å². The van der Waals surface area contributed by atoms with E-state index in [1.165, 1.54) is 11.1 Å². The lowest BCUT2D eigenvalue weighted by Gasteiger charge is -2.57. The van der Waals surface area contributed by atoms with Gasteiger partial charge in [0.05, 0.1) is 47.2 Å². The van der Waals surface area contributed by atoms with E-state index in [9.17, 15) is 28.4 Å². The number of anilines is 2. The van der Waals surface area contributed by atoms with Crippen molar-refractivity contribution in [3.63, 3.8) is 0 Å². The highest BCUT2D eigenvalue weighted by atomic mass is 32.2. The summed E-state index contributed by atoms with van der Waals surface area (Å²) in [7, 11) is -4.64. The number of piperidine rings is 1. The van der Waals surface area contributed by atoms with Gasteiger partial charge in [0.25, 0.3) is 15.9 Å². The van der Waals surface area contributed by atoms with Gasteiger partial charge >= 0.3 is 5.69 Å². The van der Waals surface area contributed by atoms with Crippen LogP contribution in [0.15, 0.2) is 78.0 Å². The summed E-state index contributed by atoms with van der Waals surface area (Å²) in [5, 5.41) is 26.3. The number of carbonyl (C=O) groups is 1. The summed E-state index contributed by atoms with van der Waals surface area (Å²) in [5.74, 6) is 0.0773. The number of morpholine rings is 1. The van der Waals surface area contributed by atoms with Crippen LogP contribution in [0.5, 0.6) is 11.5 Å². The molecule has 1 atom stereocenters. The predicted molar refractivity (Wildman–Crippen MR) is 252 cm³/mol. The number of nitrogens with one attached hydrogen (secondary N) is 3. The van der Waals surface area contributed by atoms with Crippen LogP contribution in [0, 0.1) is 28.4 Å². The van der Waals surface area contributed by atoms with Crippen LogP contribution in [0.3, 0.4) is 0 Å². The molecule has 5 heterocycles. The average Bonchev–Trinajstić information content (AvgIpc) is 3.74. The molecule has 16 nitrogen and oxygen atoms in total. The van der Waals surface area contributed by atoms with Crippen LogP contribution in [-0.2, 0) is 14.8 Å². The number of amides is 1. The van der Waals surface area contributed by atoms with Crippen molar-refractivity contribution >= 4 is 44.2 Å². The minimum Gasteiger partial charge on any atom is -0.455 e. The third kappa shape index (κ3) is 9.48. The minimum atomic E-state index is -4.64. The van der Waals surface area contributed by atoms with E-state index >= 15 is 0 Å². The number of sulfonamides is 1. The van der Waals surface area contributed by atoms with Crippen LogP contribution in [0.4, 0.5) is 17.2 Å². The number of ether oxygens (including phenoxy) is 2. The first kappa shape index (κ1) is 45.5. The van der Waals surface area contributed by atoms with Gasteiger partial charge in [-0.3, -0.25) is 19.8 Å². The summed E-state index contributed by atoms with van der Waals surface area (Å²) in [6.45, 7) is 12.5. The molecule has 66 heavy (non-hydrogen) atoms. The summed E-state index contributed by atoms with van der Waals surface area (Å²) < 4.78 is 42.2. The van der Waals surface area contributed by atoms with E-state index in [0.717, 1.165) is 88.1 Å². The summed E-state index contributed by atoms with van der Waals surface area (Å²) in [4.78, 5) is 41.8. The number of aromatic amines is 1. The van der Waals surface area contributed by atoms with Crippen LogP contribution < -0.4 is 19.7 Å². The number of aryl methyl sites for hydroxylation is 1. The predicted octanol–water partition coefficient (Wildman–Crippen LogP) is 8.38. The SMILES string of the molecule is Cc1nc2[nH]ccc2cc1Oc1cc(N2CCC3(CC2)CC(N2CCOC[C@@H]2c2ccccc2C(C)C)C3)ccc1C(=O)NS(=O)(=O)c1cnc(NC[C@H]2CC[C@](C)(O)CC2)c([N+](=O)[O-])c1. The lowest BCUT2D eigenvalue weighted by molar-refractivity contribution is -0.384. The Balaban J connectivity index is 0.910.